The number of aryl methyl sites for hydroxylation is 1. The van der Waals surface area contributed by atoms with Crippen LogP contribution in [0.2, 0.25) is 0 Å². The molecule has 1 aromatic rings. The molecule has 1 fully saturated rings. The van der Waals surface area contributed by atoms with E-state index in [2.05, 4.69) is 23.8 Å². The number of rotatable bonds is 4. The average Bonchev–Trinajstić information content (AvgIpc) is 2.86. The molecule has 0 aliphatic carbocycles. The summed E-state index contributed by atoms with van der Waals surface area (Å²) in [6.45, 7) is 9.25. The van der Waals surface area contributed by atoms with E-state index in [0.29, 0.717) is 24.8 Å². The lowest BCUT2D eigenvalue weighted by Gasteiger charge is -2.34. The number of carbonyl (C=O) groups is 1. The second-order valence-electron chi connectivity index (χ2n) is 4.90. The second-order valence-corrected chi connectivity index (χ2v) is 4.90. The molecular formula is C13H21N3O2. The average molecular weight is 251 g/mol. The van der Waals surface area contributed by atoms with Gasteiger partial charge in [-0.2, -0.15) is 5.10 Å². The minimum atomic E-state index is -0.351. The zero-order valence-electron chi connectivity index (χ0n) is 11.3. The van der Waals surface area contributed by atoms with Crippen molar-refractivity contribution in [3.63, 3.8) is 0 Å². The van der Waals surface area contributed by atoms with Crippen LogP contribution in [-0.4, -0.2) is 52.3 Å². The van der Waals surface area contributed by atoms with Crippen molar-refractivity contribution in [1.82, 2.24) is 14.7 Å². The van der Waals surface area contributed by atoms with Gasteiger partial charge in [0.1, 0.15) is 6.10 Å². The summed E-state index contributed by atoms with van der Waals surface area (Å²) in [5, 5.41) is 4.13. The maximum atomic E-state index is 12.3. The molecule has 100 valence electrons. The third-order valence-electron chi connectivity index (χ3n) is 3.36. The molecule has 5 nitrogen and oxygen atoms in total. The number of ether oxygens (including phenoxy) is 1. The first-order valence-electron chi connectivity index (χ1n) is 6.54. The minimum Gasteiger partial charge on any atom is -0.367 e. The van der Waals surface area contributed by atoms with Crippen molar-refractivity contribution in [2.24, 2.45) is 0 Å². The number of aromatic nitrogens is 2. The van der Waals surface area contributed by atoms with Crippen molar-refractivity contribution in [2.75, 3.05) is 19.7 Å². The fourth-order valence-corrected chi connectivity index (χ4v) is 2.15. The van der Waals surface area contributed by atoms with E-state index in [9.17, 15) is 4.79 Å². The van der Waals surface area contributed by atoms with E-state index >= 15 is 0 Å². The molecule has 2 heterocycles. The molecule has 2 rings (SSSR count). The van der Waals surface area contributed by atoms with Crippen LogP contribution in [-0.2, 0) is 11.3 Å². The van der Waals surface area contributed by atoms with Crippen molar-refractivity contribution in [3.05, 3.63) is 18.0 Å². The summed E-state index contributed by atoms with van der Waals surface area (Å²) in [7, 11) is 0. The van der Waals surface area contributed by atoms with Crippen LogP contribution < -0.4 is 0 Å². The zero-order valence-corrected chi connectivity index (χ0v) is 11.3. The molecule has 1 unspecified atom stereocenters. The largest absolute Gasteiger partial charge is 0.367 e. The SMILES string of the molecule is CCn1cc(C(=O)C2CN(C(C)C)CCO2)cn1. The maximum Gasteiger partial charge on any atom is 0.196 e. The van der Waals surface area contributed by atoms with Crippen LogP contribution in [0.1, 0.15) is 31.1 Å². The first-order valence-corrected chi connectivity index (χ1v) is 6.54. The molecule has 1 aliphatic rings. The Kier molecular flexibility index (Phi) is 4.14. The van der Waals surface area contributed by atoms with Gasteiger partial charge in [0.2, 0.25) is 0 Å². The van der Waals surface area contributed by atoms with Crippen LogP contribution in [0.5, 0.6) is 0 Å². The molecule has 1 saturated heterocycles. The van der Waals surface area contributed by atoms with Gasteiger partial charge in [-0.05, 0) is 20.8 Å². The molecule has 0 amide bonds. The van der Waals surface area contributed by atoms with Gasteiger partial charge < -0.3 is 4.74 Å². The highest BCUT2D eigenvalue weighted by Gasteiger charge is 2.29. The van der Waals surface area contributed by atoms with Gasteiger partial charge in [0, 0.05) is 31.9 Å². The standard InChI is InChI=1S/C13H21N3O2/c1-4-16-8-11(7-14-16)13(17)12-9-15(10(2)3)5-6-18-12/h7-8,10,12H,4-6,9H2,1-3H3. The van der Waals surface area contributed by atoms with Gasteiger partial charge in [-0.25, -0.2) is 0 Å². The molecule has 0 aromatic carbocycles. The monoisotopic (exact) mass is 251 g/mol. The number of hydrogen-bond acceptors (Lipinski definition) is 4. The Balaban J connectivity index is 2.04. The van der Waals surface area contributed by atoms with Crippen LogP contribution in [0.15, 0.2) is 12.4 Å². The van der Waals surface area contributed by atoms with Gasteiger partial charge in [-0.1, -0.05) is 0 Å². The normalized spacial score (nSPS) is 21.4. The minimum absolute atomic E-state index is 0.0417. The molecule has 1 aliphatic heterocycles. The zero-order chi connectivity index (χ0) is 13.1. The number of ketones is 1. The molecular weight excluding hydrogens is 230 g/mol. The Morgan fingerprint density at radius 2 is 2.39 bits per heavy atom. The molecule has 18 heavy (non-hydrogen) atoms. The summed E-state index contributed by atoms with van der Waals surface area (Å²) in [4.78, 5) is 14.6. The Bertz CT molecular complexity index is 414. The fraction of sp³-hybridized carbons (Fsp3) is 0.692. The van der Waals surface area contributed by atoms with E-state index in [0.717, 1.165) is 13.1 Å². The van der Waals surface area contributed by atoms with E-state index in [1.165, 1.54) is 0 Å². The first-order chi connectivity index (χ1) is 8.61. The summed E-state index contributed by atoms with van der Waals surface area (Å²) in [6, 6.07) is 0.447. The topological polar surface area (TPSA) is 47.4 Å². The van der Waals surface area contributed by atoms with Crippen LogP contribution >= 0.6 is 0 Å². The Hall–Kier alpha value is -1.20. The lowest BCUT2D eigenvalue weighted by Crippen LogP contribution is -2.48. The molecule has 5 heteroatoms. The fourth-order valence-electron chi connectivity index (χ4n) is 2.15. The molecule has 1 atom stereocenters. The van der Waals surface area contributed by atoms with Gasteiger partial charge in [-0.3, -0.25) is 14.4 Å². The molecule has 0 saturated carbocycles. The number of carbonyl (C=O) groups excluding carboxylic acids is 1. The van der Waals surface area contributed by atoms with E-state index in [1.807, 2.05) is 6.92 Å². The van der Waals surface area contributed by atoms with Gasteiger partial charge in [0.15, 0.2) is 5.78 Å². The summed E-state index contributed by atoms with van der Waals surface area (Å²) in [5.74, 6) is 0.0417. The van der Waals surface area contributed by atoms with Gasteiger partial charge in [-0.15, -0.1) is 0 Å². The third kappa shape index (κ3) is 2.79. The first kappa shape index (κ1) is 13.2. The molecule has 0 bridgehead atoms. The highest BCUT2D eigenvalue weighted by Crippen LogP contribution is 2.13. The summed E-state index contributed by atoms with van der Waals surface area (Å²) < 4.78 is 7.35. The Morgan fingerprint density at radius 3 is 3.00 bits per heavy atom. The summed E-state index contributed by atoms with van der Waals surface area (Å²) in [5.41, 5.74) is 0.646. The van der Waals surface area contributed by atoms with E-state index < -0.39 is 0 Å². The van der Waals surface area contributed by atoms with Gasteiger partial charge in [0.25, 0.3) is 0 Å². The number of Topliss-reactive ketones (excluding diaryl/α,β-unsaturated/α-hetero) is 1. The lowest BCUT2D eigenvalue weighted by atomic mass is 10.1. The number of hydrogen-bond donors (Lipinski definition) is 0. The summed E-state index contributed by atoms with van der Waals surface area (Å²) in [6.07, 6.45) is 3.07. The summed E-state index contributed by atoms with van der Waals surface area (Å²) >= 11 is 0. The van der Waals surface area contributed by atoms with Crippen molar-refractivity contribution in [3.8, 4) is 0 Å². The Morgan fingerprint density at radius 1 is 1.61 bits per heavy atom. The van der Waals surface area contributed by atoms with E-state index in [-0.39, 0.29) is 11.9 Å². The predicted molar refractivity (Wildman–Crippen MR) is 68.7 cm³/mol. The van der Waals surface area contributed by atoms with Crippen LogP contribution in [0.4, 0.5) is 0 Å². The Labute approximate surface area is 108 Å². The van der Waals surface area contributed by atoms with Crippen LogP contribution in [0, 0.1) is 0 Å². The molecule has 0 N–H and O–H groups in total. The molecule has 1 aromatic heterocycles. The maximum absolute atomic E-state index is 12.3. The quantitative estimate of drug-likeness (QED) is 0.754. The third-order valence-corrected chi connectivity index (χ3v) is 3.36. The van der Waals surface area contributed by atoms with Crippen LogP contribution in [0.3, 0.4) is 0 Å². The van der Waals surface area contributed by atoms with E-state index in [1.54, 1.807) is 17.1 Å². The van der Waals surface area contributed by atoms with Crippen molar-refractivity contribution in [1.29, 1.82) is 0 Å². The molecule has 0 spiro atoms. The number of nitrogens with zero attached hydrogens (tertiary/aromatic N) is 3. The highest BCUT2D eigenvalue weighted by atomic mass is 16.5. The van der Waals surface area contributed by atoms with Crippen molar-refractivity contribution in [2.45, 2.75) is 39.5 Å². The second kappa shape index (κ2) is 5.63. The number of morpholine rings is 1. The molecule has 0 radical (unpaired) electrons. The highest BCUT2D eigenvalue weighted by molar-refractivity contribution is 5.99. The van der Waals surface area contributed by atoms with Crippen molar-refractivity contribution < 1.29 is 9.53 Å². The van der Waals surface area contributed by atoms with Crippen LogP contribution in [0.25, 0.3) is 0 Å². The van der Waals surface area contributed by atoms with Gasteiger partial charge >= 0.3 is 0 Å². The predicted octanol–water partition coefficient (Wildman–Crippen LogP) is 1.19. The van der Waals surface area contributed by atoms with Crippen molar-refractivity contribution >= 4 is 5.78 Å². The smallest absolute Gasteiger partial charge is 0.196 e. The lowest BCUT2D eigenvalue weighted by molar-refractivity contribution is -0.0256. The van der Waals surface area contributed by atoms with Gasteiger partial charge in [0.05, 0.1) is 18.4 Å². The van der Waals surface area contributed by atoms with E-state index in [4.69, 9.17) is 4.74 Å².